The van der Waals surface area contributed by atoms with Gasteiger partial charge in [-0.3, -0.25) is 0 Å². The van der Waals surface area contributed by atoms with E-state index in [0.29, 0.717) is 19.2 Å². The van der Waals surface area contributed by atoms with Crippen molar-refractivity contribution in [2.45, 2.75) is 0 Å². The molecule has 2 aromatic rings. The standard InChI is InChI=1S/C14H12N4O2/c15-3-4-16-14-17-8-11(9-18-14)10-1-2-12-13(7-10)20-6-5-19-12/h1-2,7-9H,4-6H2,(H,16,17,18). The van der Waals surface area contributed by atoms with Gasteiger partial charge in [0.05, 0.1) is 6.07 Å². The smallest absolute Gasteiger partial charge is 0.223 e. The lowest BCUT2D eigenvalue weighted by Gasteiger charge is -2.18. The first-order valence-electron chi connectivity index (χ1n) is 6.20. The monoisotopic (exact) mass is 268 g/mol. The average Bonchev–Trinajstić information content (AvgIpc) is 2.53. The second-order valence-electron chi connectivity index (χ2n) is 4.17. The fraction of sp³-hybridized carbons (Fsp3) is 0.214. The Morgan fingerprint density at radius 3 is 2.60 bits per heavy atom. The lowest BCUT2D eigenvalue weighted by atomic mass is 10.1. The maximum absolute atomic E-state index is 8.48. The van der Waals surface area contributed by atoms with Crippen LogP contribution in [0.2, 0.25) is 0 Å². The molecular weight excluding hydrogens is 256 g/mol. The van der Waals surface area contributed by atoms with Crippen LogP contribution in [-0.2, 0) is 0 Å². The molecule has 1 N–H and O–H groups in total. The summed E-state index contributed by atoms with van der Waals surface area (Å²) in [5, 5.41) is 11.3. The molecule has 0 fully saturated rings. The molecule has 1 aliphatic heterocycles. The molecule has 6 nitrogen and oxygen atoms in total. The Hall–Kier alpha value is -2.81. The number of ether oxygens (including phenoxy) is 2. The lowest BCUT2D eigenvalue weighted by molar-refractivity contribution is 0.171. The first-order valence-corrected chi connectivity index (χ1v) is 6.20. The van der Waals surface area contributed by atoms with E-state index in [0.717, 1.165) is 22.6 Å². The van der Waals surface area contributed by atoms with Crippen molar-refractivity contribution in [1.82, 2.24) is 9.97 Å². The Morgan fingerprint density at radius 1 is 1.10 bits per heavy atom. The van der Waals surface area contributed by atoms with Gasteiger partial charge in [-0.05, 0) is 17.7 Å². The van der Waals surface area contributed by atoms with Crippen LogP contribution in [0.3, 0.4) is 0 Å². The first-order chi connectivity index (χ1) is 9.86. The number of hydrogen-bond donors (Lipinski definition) is 1. The zero-order valence-corrected chi connectivity index (χ0v) is 10.7. The predicted molar refractivity (Wildman–Crippen MR) is 72.6 cm³/mol. The van der Waals surface area contributed by atoms with Crippen molar-refractivity contribution < 1.29 is 9.47 Å². The minimum atomic E-state index is 0.184. The minimum Gasteiger partial charge on any atom is -0.486 e. The summed E-state index contributed by atoms with van der Waals surface area (Å²) in [6.45, 7) is 1.32. The van der Waals surface area contributed by atoms with Gasteiger partial charge in [0, 0.05) is 18.0 Å². The molecule has 1 aromatic heterocycles. The highest BCUT2D eigenvalue weighted by Gasteiger charge is 2.12. The van der Waals surface area contributed by atoms with E-state index in [1.165, 1.54) is 0 Å². The molecule has 100 valence electrons. The average molecular weight is 268 g/mol. The highest BCUT2D eigenvalue weighted by atomic mass is 16.6. The Balaban J connectivity index is 1.84. The molecule has 0 spiro atoms. The fourth-order valence-corrected chi connectivity index (χ4v) is 1.91. The second kappa shape index (κ2) is 5.45. The summed E-state index contributed by atoms with van der Waals surface area (Å²) in [7, 11) is 0. The fourth-order valence-electron chi connectivity index (χ4n) is 1.91. The largest absolute Gasteiger partial charge is 0.486 e. The summed E-state index contributed by atoms with van der Waals surface area (Å²) in [6, 6.07) is 7.71. The van der Waals surface area contributed by atoms with Crippen LogP contribution >= 0.6 is 0 Å². The maximum Gasteiger partial charge on any atom is 0.223 e. The van der Waals surface area contributed by atoms with Crippen molar-refractivity contribution in [3.05, 3.63) is 30.6 Å². The number of nitriles is 1. The van der Waals surface area contributed by atoms with Gasteiger partial charge >= 0.3 is 0 Å². The molecule has 3 rings (SSSR count). The summed E-state index contributed by atoms with van der Waals surface area (Å²) in [6.07, 6.45) is 3.41. The van der Waals surface area contributed by atoms with E-state index < -0.39 is 0 Å². The summed E-state index contributed by atoms with van der Waals surface area (Å²) >= 11 is 0. The highest BCUT2D eigenvalue weighted by Crippen LogP contribution is 2.34. The van der Waals surface area contributed by atoms with Gasteiger partial charge < -0.3 is 14.8 Å². The van der Waals surface area contributed by atoms with Crippen LogP contribution in [0.4, 0.5) is 5.95 Å². The van der Waals surface area contributed by atoms with E-state index in [1.807, 2.05) is 24.3 Å². The van der Waals surface area contributed by atoms with Crippen molar-refractivity contribution in [3.63, 3.8) is 0 Å². The number of nitrogens with one attached hydrogen (secondary N) is 1. The summed E-state index contributed by atoms with van der Waals surface area (Å²) in [5.41, 5.74) is 1.84. The number of anilines is 1. The molecule has 20 heavy (non-hydrogen) atoms. The normalized spacial score (nSPS) is 12.6. The van der Waals surface area contributed by atoms with Gasteiger partial charge in [0.2, 0.25) is 5.95 Å². The zero-order chi connectivity index (χ0) is 13.8. The number of fused-ring (bicyclic) bond motifs is 1. The van der Waals surface area contributed by atoms with E-state index in [4.69, 9.17) is 14.7 Å². The van der Waals surface area contributed by atoms with Gasteiger partial charge in [-0.25, -0.2) is 9.97 Å². The molecule has 2 heterocycles. The van der Waals surface area contributed by atoms with Crippen molar-refractivity contribution in [2.24, 2.45) is 0 Å². The van der Waals surface area contributed by atoms with Crippen LogP contribution in [0.5, 0.6) is 11.5 Å². The summed E-state index contributed by atoms with van der Waals surface area (Å²) in [4.78, 5) is 8.32. The third-order valence-corrected chi connectivity index (χ3v) is 2.85. The number of aromatic nitrogens is 2. The molecule has 0 saturated heterocycles. The number of benzene rings is 1. The maximum atomic E-state index is 8.48. The first kappa shape index (κ1) is 12.2. The molecule has 0 unspecified atom stereocenters. The SMILES string of the molecule is N#CCNc1ncc(-c2ccc3c(c2)OCCO3)cn1. The Labute approximate surface area is 116 Å². The number of hydrogen-bond acceptors (Lipinski definition) is 6. The number of nitrogens with zero attached hydrogens (tertiary/aromatic N) is 3. The van der Waals surface area contributed by atoms with Crippen LogP contribution in [0, 0.1) is 11.3 Å². The highest BCUT2D eigenvalue weighted by molar-refractivity contribution is 5.66. The topological polar surface area (TPSA) is 80.1 Å². The van der Waals surface area contributed by atoms with E-state index in [9.17, 15) is 0 Å². The molecule has 0 aliphatic carbocycles. The Bertz CT molecular complexity index is 649. The quantitative estimate of drug-likeness (QED) is 0.856. The Kier molecular flexibility index (Phi) is 3.33. The lowest BCUT2D eigenvalue weighted by Crippen LogP contribution is -2.15. The molecule has 0 amide bonds. The van der Waals surface area contributed by atoms with Gasteiger partial charge in [0.25, 0.3) is 0 Å². The van der Waals surface area contributed by atoms with Gasteiger partial charge in [-0.15, -0.1) is 0 Å². The van der Waals surface area contributed by atoms with Crippen molar-refractivity contribution >= 4 is 5.95 Å². The van der Waals surface area contributed by atoms with Crippen molar-refractivity contribution in [1.29, 1.82) is 5.26 Å². The minimum absolute atomic E-state index is 0.184. The molecule has 1 aliphatic rings. The van der Waals surface area contributed by atoms with Gasteiger partial charge in [0.15, 0.2) is 11.5 Å². The van der Waals surface area contributed by atoms with Crippen LogP contribution in [0.1, 0.15) is 0 Å². The predicted octanol–water partition coefficient (Wildman–Crippen LogP) is 1.85. The van der Waals surface area contributed by atoms with Gasteiger partial charge in [-0.1, -0.05) is 6.07 Å². The second-order valence-corrected chi connectivity index (χ2v) is 4.17. The van der Waals surface area contributed by atoms with Crippen LogP contribution in [0.25, 0.3) is 11.1 Å². The zero-order valence-electron chi connectivity index (χ0n) is 10.7. The van der Waals surface area contributed by atoms with Gasteiger partial charge in [0.1, 0.15) is 19.8 Å². The third-order valence-electron chi connectivity index (χ3n) is 2.85. The number of rotatable bonds is 3. The van der Waals surface area contributed by atoms with Crippen LogP contribution in [0.15, 0.2) is 30.6 Å². The van der Waals surface area contributed by atoms with Crippen molar-refractivity contribution in [2.75, 3.05) is 25.1 Å². The summed E-state index contributed by atoms with van der Waals surface area (Å²) < 4.78 is 11.0. The van der Waals surface area contributed by atoms with Crippen LogP contribution < -0.4 is 14.8 Å². The molecule has 0 bridgehead atoms. The van der Waals surface area contributed by atoms with Crippen LogP contribution in [-0.4, -0.2) is 29.7 Å². The van der Waals surface area contributed by atoms with E-state index in [2.05, 4.69) is 15.3 Å². The van der Waals surface area contributed by atoms with E-state index >= 15 is 0 Å². The third kappa shape index (κ3) is 2.47. The van der Waals surface area contributed by atoms with Crippen molar-refractivity contribution in [3.8, 4) is 28.7 Å². The van der Waals surface area contributed by atoms with Gasteiger partial charge in [-0.2, -0.15) is 5.26 Å². The molecule has 0 atom stereocenters. The molecule has 1 aromatic carbocycles. The van der Waals surface area contributed by atoms with E-state index in [1.54, 1.807) is 12.4 Å². The molecule has 6 heteroatoms. The van der Waals surface area contributed by atoms with E-state index in [-0.39, 0.29) is 6.54 Å². The molecule has 0 radical (unpaired) electrons. The summed E-state index contributed by atoms with van der Waals surface area (Å²) in [5.74, 6) is 1.93. The Morgan fingerprint density at radius 2 is 1.85 bits per heavy atom. The molecule has 0 saturated carbocycles. The molecular formula is C14H12N4O2.